The molecule has 0 fully saturated rings. The number of nitrogens with zero attached hydrogens (tertiary/aromatic N) is 2. The van der Waals surface area contributed by atoms with E-state index in [0.717, 1.165) is 5.56 Å². The topological polar surface area (TPSA) is 127 Å². The Morgan fingerprint density at radius 2 is 1.72 bits per heavy atom. The van der Waals surface area contributed by atoms with Gasteiger partial charge in [0.2, 0.25) is 0 Å². The van der Waals surface area contributed by atoms with Crippen molar-refractivity contribution in [1.29, 1.82) is 0 Å². The first-order chi connectivity index (χ1) is 14.0. The van der Waals surface area contributed by atoms with Crippen LogP contribution in [0, 0.1) is 10.1 Å². The Balaban J connectivity index is 1.71. The third-order valence-electron chi connectivity index (χ3n) is 4.46. The van der Waals surface area contributed by atoms with Gasteiger partial charge >= 0.3 is 5.69 Å². The first kappa shape index (κ1) is 18.2. The van der Waals surface area contributed by atoms with Crippen LogP contribution in [-0.4, -0.2) is 21.1 Å². The van der Waals surface area contributed by atoms with Crippen LogP contribution < -0.4 is 10.8 Å². The summed E-state index contributed by atoms with van der Waals surface area (Å²) in [6, 6.07) is 17.4. The number of hydrogen-bond donors (Lipinski definition) is 2. The minimum atomic E-state index is -0.688. The van der Waals surface area contributed by atoms with Gasteiger partial charge in [-0.1, -0.05) is 30.3 Å². The molecule has 0 aliphatic heterocycles. The zero-order chi connectivity index (χ0) is 20.4. The zero-order valence-corrected chi connectivity index (χ0v) is 15.1. The number of H-pyrrole nitrogens is 2. The molecule has 0 amide bonds. The molecule has 1 heterocycles. The molecule has 1 aromatic heterocycles. The maximum atomic E-state index is 12.5. The van der Waals surface area contributed by atoms with Crippen LogP contribution in [0.5, 0.6) is 5.75 Å². The Hall–Kier alpha value is -4.20. The third-order valence-corrected chi connectivity index (χ3v) is 4.46. The van der Waals surface area contributed by atoms with E-state index in [9.17, 15) is 20.0 Å². The quantitative estimate of drug-likeness (QED) is 0.310. The number of nitro benzene ring substituents is 1. The summed E-state index contributed by atoms with van der Waals surface area (Å²) in [5, 5.41) is 23.8. The van der Waals surface area contributed by atoms with Gasteiger partial charge in [0.25, 0.3) is 5.69 Å². The minimum absolute atomic E-state index is 0.132. The van der Waals surface area contributed by atoms with E-state index < -0.39 is 16.4 Å². The molecule has 0 spiro atoms. The van der Waals surface area contributed by atoms with Crippen molar-refractivity contribution in [2.75, 3.05) is 0 Å². The molecule has 0 aliphatic carbocycles. The second kappa shape index (κ2) is 7.43. The van der Waals surface area contributed by atoms with Crippen LogP contribution >= 0.6 is 0 Å². The number of aliphatic imine (C=N–C) groups is 1. The van der Waals surface area contributed by atoms with E-state index in [-0.39, 0.29) is 11.3 Å². The molecule has 4 aromatic rings. The van der Waals surface area contributed by atoms with Crippen LogP contribution in [0.15, 0.2) is 70.5 Å². The summed E-state index contributed by atoms with van der Waals surface area (Å²) in [6.45, 7) is 0. The molecule has 0 saturated carbocycles. The monoisotopic (exact) mass is 387 g/mol. The van der Waals surface area contributed by atoms with E-state index in [2.05, 4.69) is 15.0 Å². The molecule has 29 heavy (non-hydrogen) atoms. The van der Waals surface area contributed by atoms with Gasteiger partial charge in [0, 0.05) is 12.3 Å². The number of imidazole rings is 1. The molecule has 8 nitrogen and oxygen atoms in total. The maximum absolute atomic E-state index is 12.5. The number of rotatable bonds is 5. The number of aromatic amines is 2. The summed E-state index contributed by atoms with van der Waals surface area (Å²) >= 11 is 0. The number of nitro groups is 1. The lowest BCUT2D eigenvalue weighted by molar-refractivity contribution is -0.398. The number of fused-ring (bicyclic) bond motifs is 1. The predicted octanol–water partition coefficient (Wildman–Crippen LogP) is 3.18. The highest BCUT2D eigenvalue weighted by Gasteiger charge is 2.12. The van der Waals surface area contributed by atoms with Crippen molar-refractivity contribution < 1.29 is 10.0 Å². The summed E-state index contributed by atoms with van der Waals surface area (Å²) in [6.07, 6.45) is 1.77. The molecule has 0 unspecified atom stereocenters. The van der Waals surface area contributed by atoms with E-state index in [4.69, 9.17) is 0 Å². The first-order valence-corrected chi connectivity index (χ1v) is 8.78. The third kappa shape index (κ3) is 3.91. The highest BCUT2D eigenvalue weighted by Crippen LogP contribution is 2.29. The van der Waals surface area contributed by atoms with Crippen molar-refractivity contribution in [2.24, 2.45) is 4.99 Å². The lowest BCUT2D eigenvalue weighted by atomic mass is 10.0. The number of hydrogen-bond acceptors (Lipinski definition) is 5. The predicted molar refractivity (Wildman–Crippen MR) is 108 cm³/mol. The van der Waals surface area contributed by atoms with Gasteiger partial charge in [0.05, 0.1) is 21.6 Å². The Labute approximate surface area is 164 Å². The second-order valence-corrected chi connectivity index (χ2v) is 6.52. The van der Waals surface area contributed by atoms with Crippen molar-refractivity contribution in [3.63, 3.8) is 0 Å². The Morgan fingerprint density at radius 3 is 2.48 bits per heavy atom. The van der Waals surface area contributed by atoms with Gasteiger partial charge in [0.1, 0.15) is 0 Å². The molecule has 4 rings (SSSR count). The van der Waals surface area contributed by atoms with Crippen LogP contribution in [0.3, 0.4) is 0 Å². The number of benzene rings is 3. The SMILES string of the molecule is O=c1[nH]c2ccc(N=Cc3cc(Cc4ccccc4)cc([N+](=O)[O-])c3[O-])cc2[nH]1. The normalized spacial score (nSPS) is 11.3. The van der Waals surface area contributed by atoms with Crippen LogP contribution in [-0.2, 0) is 6.42 Å². The minimum Gasteiger partial charge on any atom is -0.867 e. The largest absolute Gasteiger partial charge is 0.867 e. The van der Waals surface area contributed by atoms with Gasteiger partial charge in [-0.3, -0.25) is 15.1 Å². The highest BCUT2D eigenvalue weighted by atomic mass is 16.6. The lowest BCUT2D eigenvalue weighted by Gasteiger charge is -2.13. The van der Waals surface area contributed by atoms with Crippen LogP contribution in [0.25, 0.3) is 11.0 Å². The average Bonchev–Trinajstić information content (AvgIpc) is 3.08. The van der Waals surface area contributed by atoms with Crippen molar-refractivity contribution in [3.8, 4) is 5.75 Å². The van der Waals surface area contributed by atoms with Crippen molar-refractivity contribution in [3.05, 3.63) is 98.0 Å². The Morgan fingerprint density at radius 1 is 0.966 bits per heavy atom. The summed E-state index contributed by atoms with van der Waals surface area (Å²) in [7, 11) is 0. The molecule has 0 saturated heterocycles. The van der Waals surface area contributed by atoms with E-state index in [0.29, 0.717) is 28.7 Å². The molecule has 144 valence electrons. The van der Waals surface area contributed by atoms with Gasteiger partial charge in [0.15, 0.2) is 0 Å². The van der Waals surface area contributed by atoms with Crippen molar-refractivity contribution in [2.45, 2.75) is 6.42 Å². The molecule has 8 heteroatoms. The second-order valence-electron chi connectivity index (χ2n) is 6.52. The average molecular weight is 387 g/mol. The first-order valence-electron chi connectivity index (χ1n) is 8.78. The van der Waals surface area contributed by atoms with Crippen molar-refractivity contribution >= 4 is 28.6 Å². The van der Waals surface area contributed by atoms with E-state index in [1.165, 1.54) is 12.3 Å². The smallest absolute Gasteiger partial charge is 0.323 e. The molecule has 0 atom stereocenters. The van der Waals surface area contributed by atoms with Crippen LogP contribution in [0.1, 0.15) is 16.7 Å². The Bertz CT molecular complexity index is 1290. The van der Waals surface area contributed by atoms with Gasteiger partial charge in [-0.2, -0.15) is 0 Å². The molecular formula is C21H15N4O4-. The van der Waals surface area contributed by atoms with Gasteiger partial charge < -0.3 is 15.1 Å². The number of nitrogens with one attached hydrogen (secondary N) is 2. The summed E-state index contributed by atoms with van der Waals surface area (Å²) in [5.74, 6) is -0.688. The zero-order valence-electron chi connectivity index (χ0n) is 15.1. The van der Waals surface area contributed by atoms with E-state index in [1.54, 1.807) is 24.3 Å². The highest BCUT2D eigenvalue weighted by molar-refractivity contribution is 5.88. The fourth-order valence-corrected chi connectivity index (χ4v) is 3.11. The van der Waals surface area contributed by atoms with Crippen molar-refractivity contribution in [1.82, 2.24) is 9.97 Å². The van der Waals surface area contributed by atoms with Gasteiger partial charge in [-0.15, -0.1) is 0 Å². The van der Waals surface area contributed by atoms with Gasteiger partial charge in [-0.05, 0) is 53.1 Å². The van der Waals surface area contributed by atoms with E-state index in [1.807, 2.05) is 30.3 Å². The molecule has 0 aliphatic rings. The summed E-state index contributed by atoms with van der Waals surface area (Å²) < 4.78 is 0. The summed E-state index contributed by atoms with van der Waals surface area (Å²) in [5.41, 5.74) is 2.67. The van der Waals surface area contributed by atoms with Gasteiger partial charge in [-0.25, -0.2) is 4.79 Å². The molecule has 2 N–H and O–H groups in total. The lowest BCUT2D eigenvalue weighted by Crippen LogP contribution is -2.04. The molecule has 3 aromatic carbocycles. The van der Waals surface area contributed by atoms with E-state index >= 15 is 0 Å². The maximum Gasteiger partial charge on any atom is 0.323 e. The molecule has 0 bridgehead atoms. The standard InChI is InChI=1S/C21H16N4O4/c26-20-15(12-22-16-6-7-17-18(11-16)24-21(27)23-17)9-14(10-19(20)25(28)29)8-13-4-2-1-3-5-13/h1-7,9-12,26H,8H2,(H2,23,24,27)/p-1. The van der Waals surface area contributed by atoms with Crippen LogP contribution in [0.4, 0.5) is 11.4 Å². The fourth-order valence-electron chi connectivity index (χ4n) is 3.11. The Kier molecular flexibility index (Phi) is 4.66. The number of aromatic nitrogens is 2. The molecular weight excluding hydrogens is 372 g/mol. The fraction of sp³-hybridized carbons (Fsp3) is 0.0476. The summed E-state index contributed by atoms with van der Waals surface area (Å²) in [4.78, 5) is 31.5. The molecule has 0 radical (unpaired) electrons. The van der Waals surface area contributed by atoms with Crippen LogP contribution in [0.2, 0.25) is 0 Å².